The molecule has 0 aromatic heterocycles. The minimum absolute atomic E-state index is 0.0162. The largest absolute Gasteiger partial charge is 0.398 e. The van der Waals surface area contributed by atoms with Crippen LogP contribution in [0.2, 0.25) is 0 Å². The molecule has 0 atom stereocenters. The first kappa shape index (κ1) is 14.5. The van der Waals surface area contributed by atoms with E-state index in [0.717, 1.165) is 12.0 Å². The first-order valence-electron chi connectivity index (χ1n) is 6.16. The Morgan fingerprint density at radius 3 is 2.70 bits per heavy atom. The zero-order chi connectivity index (χ0) is 14.7. The van der Waals surface area contributed by atoms with Crippen molar-refractivity contribution in [1.82, 2.24) is 0 Å². The molecule has 3 nitrogen and oxygen atoms in total. The number of anilines is 2. The molecule has 0 spiro atoms. The van der Waals surface area contributed by atoms with Crippen LogP contribution >= 0.6 is 15.9 Å². The Morgan fingerprint density at radius 2 is 2.05 bits per heavy atom. The number of halogens is 2. The van der Waals surface area contributed by atoms with E-state index in [1.807, 2.05) is 13.0 Å². The fourth-order valence-electron chi connectivity index (χ4n) is 1.86. The first-order chi connectivity index (χ1) is 9.51. The van der Waals surface area contributed by atoms with Crippen molar-refractivity contribution >= 4 is 33.2 Å². The number of amides is 1. The molecule has 2 aromatic rings. The van der Waals surface area contributed by atoms with Crippen LogP contribution in [0.1, 0.15) is 22.8 Å². The molecule has 0 radical (unpaired) electrons. The predicted octanol–water partition coefficient (Wildman–Crippen LogP) is 3.99. The van der Waals surface area contributed by atoms with E-state index in [0.29, 0.717) is 15.8 Å². The van der Waals surface area contributed by atoms with Crippen LogP contribution in [-0.2, 0) is 6.42 Å². The van der Waals surface area contributed by atoms with Gasteiger partial charge in [0.15, 0.2) is 0 Å². The van der Waals surface area contributed by atoms with Gasteiger partial charge in [0.05, 0.1) is 5.56 Å². The molecule has 0 aliphatic rings. The molecule has 1 amide bonds. The van der Waals surface area contributed by atoms with Gasteiger partial charge in [-0.05, 0) is 42.3 Å². The second-order valence-corrected chi connectivity index (χ2v) is 5.26. The highest BCUT2D eigenvalue weighted by Crippen LogP contribution is 2.21. The molecule has 2 aromatic carbocycles. The van der Waals surface area contributed by atoms with E-state index in [4.69, 9.17) is 5.73 Å². The van der Waals surface area contributed by atoms with Gasteiger partial charge in [0, 0.05) is 15.8 Å². The molecular weight excluding hydrogens is 323 g/mol. The van der Waals surface area contributed by atoms with Gasteiger partial charge in [0.1, 0.15) is 5.82 Å². The van der Waals surface area contributed by atoms with Gasteiger partial charge in [-0.3, -0.25) is 4.79 Å². The lowest BCUT2D eigenvalue weighted by Gasteiger charge is -2.09. The smallest absolute Gasteiger partial charge is 0.258 e. The summed E-state index contributed by atoms with van der Waals surface area (Å²) in [6.45, 7) is 2.00. The molecular formula is C15H14BrFN2O. The minimum Gasteiger partial charge on any atom is -0.398 e. The van der Waals surface area contributed by atoms with E-state index in [1.165, 1.54) is 12.1 Å². The average Bonchev–Trinajstić information content (AvgIpc) is 2.41. The van der Waals surface area contributed by atoms with Crippen molar-refractivity contribution in [3.05, 3.63) is 57.8 Å². The van der Waals surface area contributed by atoms with Crippen molar-refractivity contribution < 1.29 is 9.18 Å². The van der Waals surface area contributed by atoms with Gasteiger partial charge in [-0.25, -0.2) is 4.39 Å². The number of hydrogen-bond acceptors (Lipinski definition) is 2. The van der Waals surface area contributed by atoms with Gasteiger partial charge in [0.25, 0.3) is 5.91 Å². The Bertz CT molecular complexity index is 658. The van der Waals surface area contributed by atoms with Crippen molar-refractivity contribution in [3.63, 3.8) is 0 Å². The molecule has 0 fully saturated rings. The molecule has 3 N–H and O–H groups in total. The van der Waals surface area contributed by atoms with Crippen molar-refractivity contribution in [2.45, 2.75) is 13.3 Å². The Labute approximate surface area is 125 Å². The highest BCUT2D eigenvalue weighted by atomic mass is 79.9. The highest BCUT2D eigenvalue weighted by Gasteiger charge is 2.12. The number of carbonyl (C=O) groups excluding carboxylic acids is 1. The van der Waals surface area contributed by atoms with E-state index in [2.05, 4.69) is 21.2 Å². The number of nitrogens with two attached hydrogens (primary N) is 1. The summed E-state index contributed by atoms with van der Waals surface area (Å²) in [4.78, 5) is 12.0. The third-order valence-corrected chi connectivity index (χ3v) is 3.45. The minimum atomic E-state index is -0.566. The number of hydrogen-bond donors (Lipinski definition) is 2. The topological polar surface area (TPSA) is 55.1 Å². The Kier molecular flexibility index (Phi) is 4.39. The van der Waals surface area contributed by atoms with Crippen LogP contribution in [0.25, 0.3) is 0 Å². The predicted molar refractivity (Wildman–Crippen MR) is 82.3 cm³/mol. The van der Waals surface area contributed by atoms with Gasteiger partial charge < -0.3 is 11.1 Å². The maximum atomic E-state index is 13.6. The highest BCUT2D eigenvalue weighted by molar-refractivity contribution is 9.10. The molecule has 0 saturated carbocycles. The van der Waals surface area contributed by atoms with E-state index >= 15 is 0 Å². The van der Waals surface area contributed by atoms with Crippen LogP contribution in [0, 0.1) is 5.82 Å². The monoisotopic (exact) mass is 336 g/mol. The van der Waals surface area contributed by atoms with Crippen LogP contribution in [0.3, 0.4) is 0 Å². The SMILES string of the molecule is CCc1ccc(NC(=O)c2cc(Br)ccc2F)cc1N. The lowest BCUT2D eigenvalue weighted by Crippen LogP contribution is -2.14. The van der Waals surface area contributed by atoms with E-state index in [9.17, 15) is 9.18 Å². The van der Waals surface area contributed by atoms with Gasteiger partial charge in [-0.2, -0.15) is 0 Å². The molecule has 0 aliphatic heterocycles. The number of nitrogens with one attached hydrogen (secondary N) is 1. The summed E-state index contributed by atoms with van der Waals surface area (Å²) in [5.41, 5.74) is 8.02. The lowest BCUT2D eigenvalue weighted by atomic mass is 10.1. The molecule has 0 heterocycles. The second-order valence-electron chi connectivity index (χ2n) is 4.35. The average molecular weight is 337 g/mol. The molecule has 5 heteroatoms. The van der Waals surface area contributed by atoms with Crippen LogP contribution in [0.4, 0.5) is 15.8 Å². The molecule has 0 unspecified atom stereocenters. The Hall–Kier alpha value is -1.88. The second kappa shape index (κ2) is 6.05. The lowest BCUT2D eigenvalue weighted by molar-refractivity contribution is 0.102. The number of benzene rings is 2. The van der Waals surface area contributed by atoms with Crippen molar-refractivity contribution in [2.75, 3.05) is 11.1 Å². The third-order valence-electron chi connectivity index (χ3n) is 2.96. The number of carbonyl (C=O) groups is 1. The summed E-state index contributed by atoms with van der Waals surface area (Å²) >= 11 is 3.21. The summed E-state index contributed by atoms with van der Waals surface area (Å²) in [6, 6.07) is 9.50. The third kappa shape index (κ3) is 3.17. The van der Waals surface area contributed by atoms with Crippen LogP contribution in [0.15, 0.2) is 40.9 Å². The van der Waals surface area contributed by atoms with E-state index in [-0.39, 0.29) is 5.56 Å². The Morgan fingerprint density at radius 1 is 1.30 bits per heavy atom. The van der Waals surface area contributed by atoms with Crippen molar-refractivity contribution in [3.8, 4) is 0 Å². The fourth-order valence-corrected chi connectivity index (χ4v) is 2.23. The fraction of sp³-hybridized carbons (Fsp3) is 0.133. The maximum Gasteiger partial charge on any atom is 0.258 e. The van der Waals surface area contributed by atoms with Crippen LogP contribution in [0.5, 0.6) is 0 Å². The number of aryl methyl sites for hydroxylation is 1. The summed E-state index contributed by atoms with van der Waals surface area (Å²) in [5.74, 6) is -1.07. The molecule has 0 bridgehead atoms. The normalized spacial score (nSPS) is 10.3. The maximum absolute atomic E-state index is 13.6. The zero-order valence-electron chi connectivity index (χ0n) is 10.9. The van der Waals surface area contributed by atoms with E-state index < -0.39 is 11.7 Å². The summed E-state index contributed by atoms with van der Waals surface area (Å²) in [6.07, 6.45) is 0.820. The summed E-state index contributed by atoms with van der Waals surface area (Å²) in [7, 11) is 0. The van der Waals surface area contributed by atoms with E-state index in [1.54, 1.807) is 18.2 Å². The van der Waals surface area contributed by atoms with Gasteiger partial charge in [-0.15, -0.1) is 0 Å². The number of nitrogen functional groups attached to an aromatic ring is 1. The first-order valence-corrected chi connectivity index (χ1v) is 6.95. The summed E-state index contributed by atoms with van der Waals surface area (Å²) in [5, 5.41) is 2.64. The van der Waals surface area contributed by atoms with Crippen LogP contribution < -0.4 is 11.1 Å². The van der Waals surface area contributed by atoms with Crippen molar-refractivity contribution in [1.29, 1.82) is 0 Å². The Balaban J connectivity index is 2.23. The number of rotatable bonds is 3. The standard InChI is InChI=1S/C15H14BrFN2O/c1-2-9-3-5-11(8-14(9)18)19-15(20)12-7-10(16)4-6-13(12)17/h3-8H,2,18H2,1H3,(H,19,20). The van der Waals surface area contributed by atoms with Crippen molar-refractivity contribution in [2.24, 2.45) is 0 Å². The van der Waals surface area contributed by atoms with Gasteiger partial charge in [0.2, 0.25) is 0 Å². The molecule has 0 saturated heterocycles. The van der Waals surface area contributed by atoms with Gasteiger partial charge >= 0.3 is 0 Å². The quantitative estimate of drug-likeness (QED) is 0.832. The van der Waals surface area contributed by atoms with Crippen LogP contribution in [-0.4, -0.2) is 5.91 Å². The zero-order valence-corrected chi connectivity index (χ0v) is 12.5. The molecule has 20 heavy (non-hydrogen) atoms. The molecule has 0 aliphatic carbocycles. The molecule has 2 rings (SSSR count). The molecule has 104 valence electrons. The van der Waals surface area contributed by atoms with Gasteiger partial charge in [-0.1, -0.05) is 28.9 Å². The summed E-state index contributed by atoms with van der Waals surface area (Å²) < 4.78 is 14.3.